The standard InChI is InChI=1S/C12H12O6/c1-2-11(15)17-5-6-18-12(16)9-7-8(13)3-4-10(9)14/h2-4,7,13-14H,1,5-6H2. The molecule has 0 fully saturated rings. The Labute approximate surface area is 103 Å². The molecule has 0 saturated heterocycles. The Kier molecular flexibility index (Phi) is 4.74. The van der Waals surface area contributed by atoms with Crippen molar-refractivity contribution in [1.82, 2.24) is 0 Å². The van der Waals surface area contributed by atoms with Crippen LogP contribution in [0, 0.1) is 0 Å². The zero-order chi connectivity index (χ0) is 13.5. The van der Waals surface area contributed by atoms with Crippen molar-refractivity contribution in [3.8, 4) is 11.5 Å². The van der Waals surface area contributed by atoms with E-state index in [1.807, 2.05) is 0 Å². The second-order valence-electron chi connectivity index (χ2n) is 3.21. The third kappa shape index (κ3) is 3.82. The summed E-state index contributed by atoms with van der Waals surface area (Å²) in [5.74, 6) is -1.91. The van der Waals surface area contributed by atoms with E-state index in [2.05, 4.69) is 11.3 Å². The fourth-order valence-corrected chi connectivity index (χ4v) is 1.10. The predicted octanol–water partition coefficient (Wildman–Crippen LogP) is 0.984. The minimum atomic E-state index is -0.821. The molecule has 0 heterocycles. The van der Waals surface area contributed by atoms with Gasteiger partial charge in [-0.05, 0) is 18.2 Å². The number of rotatable bonds is 5. The minimum absolute atomic E-state index is 0.115. The largest absolute Gasteiger partial charge is 0.508 e. The van der Waals surface area contributed by atoms with Crippen molar-refractivity contribution in [2.24, 2.45) is 0 Å². The topological polar surface area (TPSA) is 93.1 Å². The molecule has 0 spiro atoms. The van der Waals surface area contributed by atoms with Crippen LogP contribution >= 0.6 is 0 Å². The molecule has 0 aromatic heterocycles. The molecule has 96 valence electrons. The highest BCUT2D eigenvalue weighted by molar-refractivity contribution is 5.92. The normalized spacial score (nSPS) is 9.56. The van der Waals surface area contributed by atoms with Crippen LogP contribution in [0.2, 0.25) is 0 Å². The van der Waals surface area contributed by atoms with E-state index in [1.165, 1.54) is 12.1 Å². The molecule has 1 aromatic carbocycles. The molecule has 18 heavy (non-hydrogen) atoms. The molecule has 0 amide bonds. The summed E-state index contributed by atoms with van der Waals surface area (Å²) in [7, 11) is 0. The van der Waals surface area contributed by atoms with Gasteiger partial charge in [0.1, 0.15) is 30.3 Å². The van der Waals surface area contributed by atoms with Crippen molar-refractivity contribution in [2.45, 2.75) is 0 Å². The van der Waals surface area contributed by atoms with Gasteiger partial charge < -0.3 is 19.7 Å². The van der Waals surface area contributed by atoms with E-state index in [0.29, 0.717) is 0 Å². The number of carbonyl (C=O) groups is 2. The number of hydrogen-bond donors (Lipinski definition) is 2. The van der Waals surface area contributed by atoms with E-state index >= 15 is 0 Å². The molecule has 0 unspecified atom stereocenters. The lowest BCUT2D eigenvalue weighted by molar-refractivity contribution is -0.138. The van der Waals surface area contributed by atoms with Crippen molar-refractivity contribution < 1.29 is 29.3 Å². The lowest BCUT2D eigenvalue weighted by atomic mass is 10.2. The van der Waals surface area contributed by atoms with Crippen molar-refractivity contribution in [3.63, 3.8) is 0 Å². The lowest BCUT2D eigenvalue weighted by Gasteiger charge is -2.06. The van der Waals surface area contributed by atoms with E-state index in [1.54, 1.807) is 0 Å². The second kappa shape index (κ2) is 6.29. The van der Waals surface area contributed by atoms with Crippen molar-refractivity contribution >= 4 is 11.9 Å². The van der Waals surface area contributed by atoms with E-state index < -0.39 is 11.9 Å². The Hall–Kier alpha value is -2.50. The van der Waals surface area contributed by atoms with Gasteiger partial charge in [0.05, 0.1) is 0 Å². The first-order chi connectivity index (χ1) is 8.54. The smallest absolute Gasteiger partial charge is 0.342 e. The average Bonchev–Trinajstić information content (AvgIpc) is 2.36. The fourth-order valence-electron chi connectivity index (χ4n) is 1.10. The zero-order valence-electron chi connectivity index (χ0n) is 9.46. The Balaban J connectivity index is 2.48. The molecule has 0 saturated carbocycles. The van der Waals surface area contributed by atoms with Crippen LogP contribution in [-0.4, -0.2) is 35.4 Å². The molecule has 6 heteroatoms. The van der Waals surface area contributed by atoms with Gasteiger partial charge in [-0.15, -0.1) is 0 Å². The monoisotopic (exact) mass is 252 g/mol. The van der Waals surface area contributed by atoms with E-state index in [0.717, 1.165) is 12.1 Å². The molecular weight excluding hydrogens is 240 g/mol. The summed E-state index contributed by atoms with van der Waals surface area (Å²) in [5, 5.41) is 18.5. The molecular formula is C12H12O6. The summed E-state index contributed by atoms with van der Waals surface area (Å²) in [6, 6.07) is 3.48. The van der Waals surface area contributed by atoms with Crippen LogP contribution in [0.25, 0.3) is 0 Å². The number of hydrogen-bond acceptors (Lipinski definition) is 6. The maximum Gasteiger partial charge on any atom is 0.342 e. The maximum atomic E-state index is 11.5. The van der Waals surface area contributed by atoms with Crippen LogP contribution in [0.1, 0.15) is 10.4 Å². The van der Waals surface area contributed by atoms with Crippen molar-refractivity contribution in [1.29, 1.82) is 0 Å². The van der Waals surface area contributed by atoms with Crippen molar-refractivity contribution in [2.75, 3.05) is 13.2 Å². The highest BCUT2D eigenvalue weighted by atomic mass is 16.6. The Morgan fingerprint density at radius 2 is 1.89 bits per heavy atom. The maximum absolute atomic E-state index is 11.5. The van der Waals surface area contributed by atoms with Crippen LogP contribution < -0.4 is 0 Å². The Morgan fingerprint density at radius 3 is 2.56 bits per heavy atom. The number of esters is 2. The summed E-state index contributed by atoms with van der Waals surface area (Å²) in [4.78, 5) is 22.1. The number of carbonyl (C=O) groups excluding carboxylic acids is 2. The van der Waals surface area contributed by atoms with E-state index in [9.17, 15) is 14.7 Å². The third-order valence-electron chi connectivity index (χ3n) is 1.93. The Bertz CT molecular complexity index is 466. The molecule has 2 N–H and O–H groups in total. The first-order valence-electron chi connectivity index (χ1n) is 5.03. The summed E-state index contributed by atoms with van der Waals surface area (Å²) < 4.78 is 9.32. The van der Waals surface area contributed by atoms with Gasteiger partial charge in [-0.1, -0.05) is 6.58 Å². The van der Waals surface area contributed by atoms with Crippen LogP contribution in [0.5, 0.6) is 11.5 Å². The molecule has 0 aliphatic heterocycles. The summed E-state index contributed by atoms with van der Waals surface area (Å²) >= 11 is 0. The van der Waals surface area contributed by atoms with Gasteiger partial charge in [-0.2, -0.15) is 0 Å². The number of ether oxygens (including phenoxy) is 2. The molecule has 1 aromatic rings. The molecule has 0 aliphatic carbocycles. The third-order valence-corrected chi connectivity index (χ3v) is 1.93. The Morgan fingerprint density at radius 1 is 1.22 bits per heavy atom. The van der Waals surface area contributed by atoms with Gasteiger partial charge in [0.15, 0.2) is 0 Å². The molecule has 1 rings (SSSR count). The summed E-state index contributed by atoms with van der Waals surface area (Å²) in [5.41, 5.74) is -0.162. The van der Waals surface area contributed by atoms with Gasteiger partial charge in [0.25, 0.3) is 0 Å². The first kappa shape index (κ1) is 13.6. The second-order valence-corrected chi connectivity index (χ2v) is 3.21. The van der Waals surface area contributed by atoms with Crippen LogP contribution in [0.4, 0.5) is 0 Å². The number of phenols is 2. The SMILES string of the molecule is C=CC(=O)OCCOC(=O)c1cc(O)ccc1O. The van der Waals surface area contributed by atoms with Gasteiger partial charge in [-0.25, -0.2) is 9.59 Å². The van der Waals surface area contributed by atoms with E-state index in [-0.39, 0.29) is 30.3 Å². The molecule has 0 aliphatic rings. The first-order valence-corrected chi connectivity index (χ1v) is 5.03. The molecule has 0 radical (unpaired) electrons. The highest BCUT2D eigenvalue weighted by Gasteiger charge is 2.13. The summed E-state index contributed by atoms with van der Waals surface area (Å²) in [6.07, 6.45) is 0.989. The minimum Gasteiger partial charge on any atom is -0.508 e. The van der Waals surface area contributed by atoms with Crippen LogP contribution in [-0.2, 0) is 14.3 Å². The van der Waals surface area contributed by atoms with Gasteiger partial charge in [-0.3, -0.25) is 0 Å². The molecule has 6 nitrogen and oxygen atoms in total. The molecule has 0 atom stereocenters. The number of benzene rings is 1. The van der Waals surface area contributed by atoms with Gasteiger partial charge in [0.2, 0.25) is 0 Å². The quantitative estimate of drug-likeness (QED) is 0.351. The van der Waals surface area contributed by atoms with Gasteiger partial charge in [0, 0.05) is 6.08 Å². The number of aromatic hydroxyl groups is 2. The number of phenolic OH excluding ortho intramolecular Hbond substituents is 2. The average molecular weight is 252 g/mol. The lowest BCUT2D eigenvalue weighted by Crippen LogP contribution is -2.13. The zero-order valence-corrected chi connectivity index (χ0v) is 9.46. The van der Waals surface area contributed by atoms with E-state index in [4.69, 9.17) is 9.84 Å². The van der Waals surface area contributed by atoms with Gasteiger partial charge >= 0.3 is 11.9 Å². The summed E-state index contributed by atoms with van der Waals surface area (Å²) in [6.45, 7) is 2.93. The molecule has 0 bridgehead atoms. The highest BCUT2D eigenvalue weighted by Crippen LogP contribution is 2.22. The van der Waals surface area contributed by atoms with Crippen LogP contribution in [0.3, 0.4) is 0 Å². The van der Waals surface area contributed by atoms with Crippen LogP contribution in [0.15, 0.2) is 30.9 Å². The van der Waals surface area contributed by atoms with Crippen molar-refractivity contribution in [3.05, 3.63) is 36.4 Å². The predicted molar refractivity (Wildman–Crippen MR) is 61.2 cm³/mol. The fraction of sp³-hybridized carbons (Fsp3) is 0.167.